The molecule has 0 aromatic carbocycles. The maximum Gasteiger partial charge on any atom is 0.144 e. The van der Waals surface area contributed by atoms with Crippen molar-refractivity contribution >= 4 is 22.7 Å². The van der Waals surface area contributed by atoms with Crippen LogP contribution in [0.3, 0.4) is 0 Å². The first kappa shape index (κ1) is 7.28. The molecule has 0 radical (unpaired) electrons. The van der Waals surface area contributed by atoms with E-state index in [4.69, 9.17) is 0 Å². The molecule has 0 amide bonds. The van der Waals surface area contributed by atoms with E-state index in [1.807, 2.05) is 19.5 Å². The molecule has 1 heterocycles. The number of anilines is 1. The van der Waals surface area contributed by atoms with Crippen molar-refractivity contribution in [2.45, 2.75) is 6.92 Å². The van der Waals surface area contributed by atoms with Gasteiger partial charge < -0.3 is 5.32 Å². The van der Waals surface area contributed by atoms with Crippen LogP contribution in [-0.4, -0.2) is 12.0 Å². The van der Waals surface area contributed by atoms with Crippen LogP contribution in [0.2, 0.25) is 0 Å². The summed E-state index contributed by atoms with van der Waals surface area (Å²) in [6, 6.07) is 0. The van der Waals surface area contributed by atoms with E-state index in [-0.39, 0.29) is 0 Å². The summed E-state index contributed by atoms with van der Waals surface area (Å²) in [7, 11) is 1.86. The first-order valence-corrected chi connectivity index (χ1v) is 3.90. The van der Waals surface area contributed by atoms with Gasteiger partial charge in [-0.25, -0.2) is 4.98 Å². The lowest BCUT2D eigenvalue weighted by molar-refractivity contribution is 1.34. The number of thiazole rings is 1. The van der Waals surface area contributed by atoms with Crippen LogP contribution in [0.15, 0.2) is 12.1 Å². The topological polar surface area (TPSA) is 24.9 Å². The maximum absolute atomic E-state index is 4.10. The van der Waals surface area contributed by atoms with E-state index in [0.717, 1.165) is 16.3 Å². The van der Waals surface area contributed by atoms with Crippen LogP contribution in [0.4, 0.5) is 5.82 Å². The van der Waals surface area contributed by atoms with Crippen molar-refractivity contribution in [3.8, 4) is 0 Å². The Bertz CT molecular complexity index is 240. The van der Waals surface area contributed by atoms with Crippen molar-refractivity contribution in [2.75, 3.05) is 12.4 Å². The van der Waals surface area contributed by atoms with Gasteiger partial charge in [-0.15, -0.1) is 11.3 Å². The van der Waals surface area contributed by atoms with Crippen LogP contribution in [-0.2, 0) is 0 Å². The van der Waals surface area contributed by atoms with Gasteiger partial charge in [0.2, 0.25) is 0 Å². The smallest absolute Gasteiger partial charge is 0.144 e. The molecule has 0 atom stereocenters. The van der Waals surface area contributed by atoms with E-state index in [2.05, 4.69) is 16.9 Å². The zero-order valence-electron chi connectivity index (χ0n) is 6.14. The number of rotatable bonds is 2. The molecule has 0 saturated heterocycles. The molecule has 1 N–H and O–H groups in total. The first-order chi connectivity index (χ1) is 4.75. The zero-order chi connectivity index (χ0) is 7.56. The SMILES string of the molecule is C=C(C)c1scnc1NC. The summed E-state index contributed by atoms with van der Waals surface area (Å²) in [5, 5.41) is 3.00. The Morgan fingerprint density at radius 2 is 2.50 bits per heavy atom. The van der Waals surface area contributed by atoms with E-state index in [1.54, 1.807) is 11.3 Å². The minimum Gasteiger partial charge on any atom is -0.372 e. The third kappa shape index (κ3) is 1.19. The van der Waals surface area contributed by atoms with Gasteiger partial charge in [0.25, 0.3) is 0 Å². The fourth-order valence-corrected chi connectivity index (χ4v) is 1.46. The lowest BCUT2D eigenvalue weighted by Gasteiger charge is -1.97. The molecule has 2 nitrogen and oxygen atoms in total. The Kier molecular flexibility index (Phi) is 2.06. The summed E-state index contributed by atoms with van der Waals surface area (Å²) in [5.74, 6) is 0.928. The fourth-order valence-electron chi connectivity index (χ4n) is 0.727. The van der Waals surface area contributed by atoms with Crippen molar-refractivity contribution in [3.05, 3.63) is 17.0 Å². The molecule has 1 aromatic heterocycles. The van der Waals surface area contributed by atoms with Crippen molar-refractivity contribution in [3.63, 3.8) is 0 Å². The number of nitrogens with zero attached hydrogens (tertiary/aromatic N) is 1. The average Bonchev–Trinajstić information content (AvgIpc) is 2.33. The predicted molar refractivity (Wildman–Crippen MR) is 46.4 cm³/mol. The van der Waals surface area contributed by atoms with Crippen LogP contribution >= 0.6 is 11.3 Å². The summed E-state index contributed by atoms with van der Waals surface area (Å²) >= 11 is 1.61. The van der Waals surface area contributed by atoms with Gasteiger partial charge in [-0.2, -0.15) is 0 Å². The Labute approximate surface area is 64.6 Å². The molecule has 1 rings (SSSR count). The Morgan fingerprint density at radius 3 is 2.90 bits per heavy atom. The van der Waals surface area contributed by atoms with E-state index in [1.165, 1.54) is 0 Å². The summed E-state index contributed by atoms with van der Waals surface area (Å²) in [4.78, 5) is 5.24. The molecule has 0 unspecified atom stereocenters. The molecule has 10 heavy (non-hydrogen) atoms. The maximum atomic E-state index is 4.10. The van der Waals surface area contributed by atoms with Crippen LogP contribution < -0.4 is 5.32 Å². The second-order valence-electron chi connectivity index (χ2n) is 2.06. The highest BCUT2D eigenvalue weighted by Crippen LogP contribution is 2.24. The minimum absolute atomic E-state index is 0.928. The minimum atomic E-state index is 0.928. The molecular weight excluding hydrogens is 144 g/mol. The molecule has 0 aliphatic heterocycles. The van der Waals surface area contributed by atoms with Crippen molar-refractivity contribution < 1.29 is 0 Å². The van der Waals surface area contributed by atoms with Gasteiger partial charge in [0, 0.05) is 7.05 Å². The van der Waals surface area contributed by atoms with Gasteiger partial charge in [-0.3, -0.25) is 0 Å². The molecule has 0 aliphatic rings. The zero-order valence-corrected chi connectivity index (χ0v) is 6.96. The molecule has 0 saturated carbocycles. The molecule has 54 valence electrons. The van der Waals surface area contributed by atoms with Crippen LogP contribution in [0.25, 0.3) is 5.57 Å². The quantitative estimate of drug-likeness (QED) is 0.706. The lowest BCUT2D eigenvalue weighted by Crippen LogP contribution is -1.90. The highest BCUT2D eigenvalue weighted by atomic mass is 32.1. The molecule has 1 aromatic rings. The van der Waals surface area contributed by atoms with Crippen molar-refractivity contribution in [2.24, 2.45) is 0 Å². The molecule has 0 fully saturated rings. The normalized spacial score (nSPS) is 9.40. The van der Waals surface area contributed by atoms with E-state index in [0.29, 0.717) is 0 Å². The standard InChI is InChI=1S/C7H10N2S/c1-5(2)6-7(8-3)9-4-10-6/h4,8H,1H2,2-3H3. The second-order valence-corrected chi connectivity index (χ2v) is 2.92. The monoisotopic (exact) mass is 154 g/mol. The third-order valence-electron chi connectivity index (χ3n) is 1.19. The van der Waals surface area contributed by atoms with E-state index < -0.39 is 0 Å². The largest absolute Gasteiger partial charge is 0.372 e. The number of hydrogen-bond acceptors (Lipinski definition) is 3. The summed E-state index contributed by atoms with van der Waals surface area (Å²) in [6.45, 7) is 5.82. The van der Waals surface area contributed by atoms with Crippen LogP contribution in [0.5, 0.6) is 0 Å². The van der Waals surface area contributed by atoms with Gasteiger partial charge >= 0.3 is 0 Å². The summed E-state index contributed by atoms with van der Waals surface area (Å²) in [6.07, 6.45) is 0. The van der Waals surface area contributed by atoms with Gasteiger partial charge in [0.15, 0.2) is 0 Å². The highest BCUT2D eigenvalue weighted by Gasteiger charge is 2.02. The van der Waals surface area contributed by atoms with Crippen molar-refractivity contribution in [1.29, 1.82) is 0 Å². The van der Waals surface area contributed by atoms with Gasteiger partial charge in [-0.05, 0) is 12.5 Å². The lowest BCUT2D eigenvalue weighted by atomic mass is 10.3. The molecule has 0 aliphatic carbocycles. The average molecular weight is 154 g/mol. The Hall–Kier alpha value is -0.830. The second kappa shape index (κ2) is 2.84. The summed E-state index contributed by atoms with van der Waals surface area (Å²) < 4.78 is 0. The number of allylic oxidation sites excluding steroid dienone is 1. The molecular formula is C7H10N2S. The van der Waals surface area contributed by atoms with Gasteiger partial charge in [-0.1, -0.05) is 6.58 Å². The van der Waals surface area contributed by atoms with Crippen LogP contribution in [0, 0.1) is 0 Å². The van der Waals surface area contributed by atoms with E-state index >= 15 is 0 Å². The van der Waals surface area contributed by atoms with E-state index in [9.17, 15) is 0 Å². The Morgan fingerprint density at radius 1 is 1.80 bits per heavy atom. The first-order valence-electron chi connectivity index (χ1n) is 3.03. The number of nitrogens with one attached hydrogen (secondary N) is 1. The highest BCUT2D eigenvalue weighted by molar-refractivity contribution is 7.11. The number of aromatic nitrogens is 1. The summed E-state index contributed by atoms with van der Waals surface area (Å²) in [5.41, 5.74) is 2.88. The Balaban J connectivity index is 3.01. The third-order valence-corrected chi connectivity index (χ3v) is 2.18. The molecule has 3 heteroatoms. The van der Waals surface area contributed by atoms with Gasteiger partial charge in [0.05, 0.1) is 10.4 Å². The molecule has 0 spiro atoms. The van der Waals surface area contributed by atoms with Crippen molar-refractivity contribution in [1.82, 2.24) is 4.98 Å². The number of hydrogen-bond donors (Lipinski definition) is 1. The predicted octanol–water partition coefficient (Wildman–Crippen LogP) is 2.22. The van der Waals surface area contributed by atoms with Crippen LogP contribution in [0.1, 0.15) is 11.8 Å². The molecule has 0 bridgehead atoms. The van der Waals surface area contributed by atoms with Gasteiger partial charge in [0.1, 0.15) is 5.82 Å². The fraction of sp³-hybridized carbons (Fsp3) is 0.286.